The summed E-state index contributed by atoms with van der Waals surface area (Å²) in [5.41, 5.74) is 0. The Labute approximate surface area is 103 Å². The molecule has 0 aliphatic carbocycles. The van der Waals surface area contributed by atoms with E-state index in [2.05, 4.69) is 31.4 Å². The number of unbranched alkanes of at least 4 members (excludes halogenated alkanes) is 5. The molecule has 1 amide bonds. The standard InChI is InChI=1S/C8H18.C3H3NOS2/c1-3-5-7-8-6-4-2;5-2-1-7-3(6)4-2/h3-8H2,1-2H3;1H2,(H,4,5,6). The van der Waals surface area contributed by atoms with Crippen molar-refractivity contribution in [2.75, 3.05) is 5.75 Å². The monoisotopic (exact) mass is 247 g/mol. The van der Waals surface area contributed by atoms with Crippen LogP contribution in [0.2, 0.25) is 0 Å². The lowest BCUT2D eigenvalue weighted by Gasteiger charge is -1.93. The van der Waals surface area contributed by atoms with Crippen LogP contribution >= 0.6 is 24.0 Å². The molecule has 0 unspecified atom stereocenters. The summed E-state index contributed by atoms with van der Waals surface area (Å²) in [5, 5.41) is 2.47. The Morgan fingerprint density at radius 2 is 1.73 bits per heavy atom. The summed E-state index contributed by atoms with van der Waals surface area (Å²) in [4.78, 5) is 10.2. The molecule has 0 aromatic rings. The van der Waals surface area contributed by atoms with E-state index in [1.54, 1.807) is 0 Å². The number of carbonyl (C=O) groups excluding carboxylic acids is 1. The lowest BCUT2D eigenvalue weighted by atomic mass is 10.1. The quantitative estimate of drug-likeness (QED) is 0.595. The van der Waals surface area contributed by atoms with E-state index in [0.717, 1.165) is 0 Å². The first kappa shape index (κ1) is 14.9. The number of hydrogen-bond acceptors (Lipinski definition) is 3. The van der Waals surface area contributed by atoms with Gasteiger partial charge in [-0.2, -0.15) is 0 Å². The Morgan fingerprint density at radius 3 is 1.93 bits per heavy atom. The maximum absolute atomic E-state index is 10.2. The lowest BCUT2D eigenvalue weighted by molar-refractivity contribution is -0.116. The molecule has 0 radical (unpaired) electrons. The molecule has 4 heteroatoms. The first-order valence-electron chi connectivity index (χ1n) is 5.67. The minimum Gasteiger partial charge on any atom is -0.311 e. The van der Waals surface area contributed by atoms with Gasteiger partial charge in [-0.05, 0) is 0 Å². The Bertz CT molecular complexity index is 175. The fourth-order valence-electron chi connectivity index (χ4n) is 1.17. The molecule has 0 spiro atoms. The van der Waals surface area contributed by atoms with Gasteiger partial charge in [0.25, 0.3) is 0 Å². The van der Waals surface area contributed by atoms with E-state index in [4.69, 9.17) is 0 Å². The van der Waals surface area contributed by atoms with Gasteiger partial charge in [-0.1, -0.05) is 76.4 Å². The second kappa shape index (κ2) is 10.4. The third kappa shape index (κ3) is 10.2. The van der Waals surface area contributed by atoms with E-state index >= 15 is 0 Å². The molecule has 15 heavy (non-hydrogen) atoms. The minimum absolute atomic E-state index is 0.0231. The van der Waals surface area contributed by atoms with Gasteiger partial charge < -0.3 is 5.32 Å². The molecule has 0 saturated carbocycles. The van der Waals surface area contributed by atoms with Crippen molar-refractivity contribution >= 4 is 34.2 Å². The fraction of sp³-hybridized carbons (Fsp3) is 0.818. The van der Waals surface area contributed by atoms with Gasteiger partial charge in [0.2, 0.25) is 5.91 Å². The Balaban J connectivity index is 0.000000262. The van der Waals surface area contributed by atoms with Crippen LogP contribution < -0.4 is 5.32 Å². The second-order valence-corrected chi connectivity index (χ2v) is 5.19. The molecule has 1 aliphatic heterocycles. The SMILES string of the molecule is CCCCCCCC.O=C1CSC(=S)N1. The number of thioether (sulfide) groups is 1. The summed E-state index contributed by atoms with van der Waals surface area (Å²) in [6.45, 7) is 4.51. The first-order chi connectivity index (χ1) is 7.20. The van der Waals surface area contributed by atoms with E-state index in [9.17, 15) is 4.79 Å². The molecule has 2 nitrogen and oxygen atoms in total. The normalized spacial score (nSPS) is 14.5. The summed E-state index contributed by atoms with van der Waals surface area (Å²) in [6, 6.07) is 0. The highest BCUT2D eigenvalue weighted by atomic mass is 32.2. The van der Waals surface area contributed by atoms with Crippen molar-refractivity contribution in [1.29, 1.82) is 0 Å². The van der Waals surface area contributed by atoms with Crippen molar-refractivity contribution in [3.05, 3.63) is 0 Å². The first-order valence-corrected chi connectivity index (χ1v) is 7.06. The molecule has 1 N–H and O–H groups in total. The Hall–Kier alpha value is -0.0900. The molecule has 0 atom stereocenters. The average molecular weight is 247 g/mol. The van der Waals surface area contributed by atoms with E-state index in [1.165, 1.54) is 50.3 Å². The van der Waals surface area contributed by atoms with Gasteiger partial charge in [0.05, 0.1) is 5.75 Å². The van der Waals surface area contributed by atoms with Crippen molar-refractivity contribution in [2.24, 2.45) is 0 Å². The van der Waals surface area contributed by atoms with E-state index in [-0.39, 0.29) is 5.91 Å². The van der Waals surface area contributed by atoms with Gasteiger partial charge in [0.15, 0.2) is 0 Å². The molecule has 1 aliphatic rings. The van der Waals surface area contributed by atoms with Gasteiger partial charge in [0, 0.05) is 0 Å². The van der Waals surface area contributed by atoms with E-state index < -0.39 is 0 Å². The molecule has 1 rings (SSSR count). The highest BCUT2D eigenvalue weighted by Gasteiger charge is 2.13. The molecule has 1 fully saturated rings. The average Bonchev–Trinajstić information content (AvgIpc) is 2.58. The van der Waals surface area contributed by atoms with Crippen molar-refractivity contribution in [2.45, 2.75) is 52.4 Å². The molecule has 1 saturated heterocycles. The van der Waals surface area contributed by atoms with Crippen LogP contribution in [0.4, 0.5) is 0 Å². The van der Waals surface area contributed by atoms with Crippen LogP contribution in [-0.2, 0) is 4.79 Å². The molecular formula is C11H21NOS2. The van der Waals surface area contributed by atoms with Crippen molar-refractivity contribution in [3.8, 4) is 0 Å². The zero-order chi connectivity index (χ0) is 11.5. The van der Waals surface area contributed by atoms with Crippen molar-refractivity contribution in [3.63, 3.8) is 0 Å². The lowest BCUT2D eigenvalue weighted by Crippen LogP contribution is -2.18. The van der Waals surface area contributed by atoms with Crippen LogP contribution in [0.5, 0.6) is 0 Å². The number of carbonyl (C=O) groups is 1. The maximum atomic E-state index is 10.2. The molecule has 0 bridgehead atoms. The fourth-order valence-corrected chi connectivity index (χ4v) is 1.98. The van der Waals surface area contributed by atoms with Gasteiger partial charge in [0.1, 0.15) is 4.32 Å². The zero-order valence-corrected chi connectivity index (χ0v) is 11.3. The summed E-state index contributed by atoms with van der Waals surface area (Å²) in [6.07, 6.45) is 8.49. The molecule has 88 valence electrons. The number of hydrogen-bond donors (Lipinski definition) is 1. The third-order valence-electron chi connectivity index (χ3n) is 2.03. The van der Waals surface area contributed by atoms with Crippen molar-refractivity contribution < 1.29 is 4.79 Å². The largest absolute Gasteiger partial charge is 0.311 e. The summed E-state index contributed by atoms with van der Waals surface area (Å²) < 4.78 is 0.602. The topological polar surface area (TPSA) is 29.1 Å². The molecule has 0 aromatic carbocycles. The van der Waals surface area contributed by atoms with Crippen LogP contribution in [-0.4, -0.2) is 16.0 Å². The van der Waals surface area contributed by atoms with Crippen LogP contribution in [0.1, 0.15) is 52.4 Å². The van der Waals surface area contributed by atoms with Gasteiger partial charge in [-0.25, -0.2) is 0 Å². The highest BCUT2D eigenvalue weighted by Crippen LogP contribution is 2.07. The molecule has 1 heterocycles. The van der Waals surface area contributed by atoms with E-state index in [1.807, 2.05) is 0 Å². The van der Waals surface area contributed by atoms with Gasteiger partial charge in [-0.3, -0.25) is 4.79 Å². The summed E-state index contributed by atoms with van der Waals surface area (Å²) >= 11 is 6.00. The van der Waals surface area contributed by atoms with Crippen LogP contribution in [0.25, 0.3) is 0 Å². The van der Waals surface area contributed by atoms with Crippen LogP contribution in [0.3, 0.4) is 0 Å². The number of nitrogens with one attached hydrogen (secondary N) is 1. The van der Waals surface area contributed by atoms with Crippen molar-refractivity contribution in [1.82, 2.24) is 5.32 Å². The molecule has 0 aromatic heterocycles. The Morgan fingerprint density at radius 1 is 1.20 bits per heavy atom. The maximum Gasteiger partial charge on any atom is 0.235 e. The summed E-state index contributed by atoms with van der Waals surface area (Å²) in [7, 11) is 0. The number of thiocarbonyl (C=S) groups is 1. The van der Waals surface area contributed by atoms with Gasteiger partial charge in [-0.15, -0.1) is 0 Å². The smallest absolute Gasteiger partial charge is 0.235 e. The zero-order valence-electron chi connectivity index (χ0n) is 9.67. The minimum atomic E-state index is 0.0231. The molecular weight excluding hydrogens is 226 g/mol. The third-order valence-corrected chi connectivity index (χ3v) is 3.26. The number of amides is 1. The Kier molecular flexibility index (Phi) is 10.4. The van der Waals surface area contributed by atoms with Crippen LogP contribution in [0, 0.1) is 0 Å². The number of rotatable bonds is 5. The van der Waals surface area contributed by atoms with Crippen LogP contribution in [0.15, 0.2) is 0 Å². The second-order valence-electron chi connectivity index (χ2n) is 3.54. The van der Waals surface area contributed by atoms with E-state index in [0.29, 0.717) is 10.1 Å². The predicted octanol–water partition coefficient (Wildman–Crippen LogP) is 3.50. The summed E-state index contributed by atoms with van der Waals surface area (Å²) in [5.74, 6) is 0.522. The highest BCUT2D eigenvalue weighted by molar-refractivity contribution is 8.24. The van der Waals surface area contributed by atoms with Gasteiger partial charge >= 0.3 is 0 Å². The predicted molar refractivity (Wildman–Crippen MR) is 72.2 cm³/mol.